The van der Waals surface area contributed by atoms with Crippen LogP contribution in [0.5, 0.6) is 0 Å². The van der Waals surface area contributed by atoms with Gasteiger partial charge >= 0.3 is 0 Å². The van der Waals surface area contributed by atoms with Crippen molar-refractivity contribution in [3.63, 3.8) is 0 Å². The van der Waals surface area contributed by atoms with Gasteiger partial charge in [-0.1, -0.05) is 20.8 Å². The summed E-state index contributed by atoms with van der Waals surface area (Å²) in [5.74, 6) is 0.195. The van der Waals surface area contributed by atoms with Crippen LogP contribution in [0.2, 0.25) is 0 Å². The molecule has 1 N–H and O–H groups in total. The molecule has 1 aliphatic rings. The van der Waals surface area contributed by atoms with E-state index in [4.69, 9.17) is 0 Å². The zero-order valence-corrected chi connectivity index (χ0v) is 13.1. The van der Waals surface area contributed by atoms with Crippen LogP contribution in [0.1, 0.15) is 43.2 Å². The standard InChI is InChI=1S/C14H22N2O3S/c1-4-15-20(18,19)8-7-16-6-5-11-12(16)9-14(2,3)10-13(11)17/h5-6,15H,4,7-10H2,1-3H3. The summed E-state index contributed by atoms with van der Waals surface area (Å²) in [5.41, 5.74) is 1.67. The maximum absolute atomic E-state index is 12.1. The zero-order valence-electron chi connectivity index (χ0n) is 12.3. The first kappa shape index (κ1) is 15.3. The first-order valence-corrected chi connectivity index (χ1v) is 8.58. The third-order valence-corrected chi connectivity index (χ3v) is 5.08. The quantitative estimate of drug-likeness (QED) is 0.897. The van der Waals surface area contributed by atoms with E-state index in [1.165, 1.54) is 0 Å². The number of hydrogen-bond acceptors (Lipinski definition) is 3. The molecule has 0 aliphatic heterocycles. The van der Waals surface area contributed by atoms with Crippen molar-refractivity contribution in [3.05, 3.63) is 23.5 Å². The van der Waals surface area contributed by atoms with Crippen molar-refractivity contribution in [1.82, 2.24) is 9.29 Å². The summed E-state index contributed by atoms with van der Waals surface area (Å²) in [5, 5.41) is 0. The number of carbonyl (C=O) groups excluding carboxylic acids is 1. The predicted molar refractivity (Wildman–Crippen MR) is 78.3 cm³/mol. The summed E-state index contributed by atoms with van der Waals surface area (Å²) in [4.78, 5) is 12.1. The lowest BCUT2D eigenvalue weighted by molar-refractivity contribution is 0.0910. The van der Waals surface area contributed by atoms with Crippen LogP contribution in [-0.2, 0) is 23.0 Å². The van der Waals surface area contributed by atoms with Crippen molar-refractivity contribution in [2.45, 2.75) is 40.2 Å². The molecular formula is C14H22N2O3S. The van der Waals surface area contributed by atoms with Crippen molar-refractivity contribution in [2.24, 2.45) is 5.41 Å². The predicted octanol–water partition coefficient (Wildman–Crippen LogP) is 1.58. The van der Waals surface area contributed by atoms with Crippen molar-refractivity contribution in [3.8, 4) is 0 Å². The van der Waals surface area contributed by atoms with Crippen LogP contribution in [0.25, 0.3) is 0 Å². The highest BCUT2D eigenvalue weighted by atomic mass is 32.2. The second-order valence-electron chi connectivity index (χ2n) is 6.13. The molecule has 20 heavy (non-hydrogen) atoms. The van der Waals surface area contributed by atoms with Gasteiger partial charge in [0.15, 0.2) is 5.78 Å². The van der Waals surface area contributed by atoms with E-state index in [0.29, 0.717) is 19.5 Å². The molecule has 0 fully saturated rings. The Bertz CT molecular complexity index is 614. The van der Waals surface area contributed by atoms with Crippen LogP contribution in [0.3, 0.4) is 0 Å². The molecule has 112 valence electrons. The summed E-state index contributed by atoms with van der Waals surface area (Å²) >= 11 is 0. The monoisotopic (exact) mass is 298 g/mol. The Hall–Kier alpha value is -1.14. The van der Waals surface area contributed by atoms with E-state index < -0.39 is 10.0 Å². The fraction of sp³-hybridized carbons (Fsp3) is 0.643. The van der Waals surface area contributed by atoms with Crippen molar-refractivity contribution in [1.29, 1.82) is 0 Å². The summed E-state index contributed by atoms with van der Waals surface area (Å²) < 4.78 is 27.8. The van der Waals surface area contributed by atoms with Gasteiger partial charge in [0.1, 0.15) is 0 Å². The Morgan fingerprint density at radius 1 is 1.35 bits per heavy atom. The molecule has 0 amide bonds. The Labute approximate surface area is 120 Å². The van der Waals surface area contributed by atoms with Crippen LogP contribution in [0.15, 0.2) is 12.3 Å². The molecule has 0 saturated heterocycles. The molecule has 0 unspecified atom stereocenters. The molecule has 2 rings (SSSR count). The van der Waals surface area contributed by atoms with Crippen molar-refractivity contribution < 1.29 is 13.2 Å². The van der Waals surface area contributed by atoms with Gasteiger partial charge in [-0.15, -0.1) is 0 Å². The largest absolute Gasteiger partial charge is 0.350 e. The molecular weight excluding hydrogens is 276 g/mol. The molecule has 6 heteroatoms. The maximum atomic E-state index is 12.1. The number of Topliss-reactive ketones (excluding diaryl/α,β-unsaturated/α-hetero) is 1. The normalized spacial score (nSPS) is 18.1. The average Bonchev–Trinajstić information content (AvgIpc) is 2.68. The summed E-state index contributed by atoms with van der Waals surface area (Å²) in [6, 6.07) is 1.81. The van der Waals surface area contributed by atoms with E-state index in [1.807, 2.05) is 16.8 Å². The molecule has 0 radical (unpaired) electrons. The molecule has 5 nitrogen and oxygen atoms in total. The molecule has 0 saturated carbocycles. The summed E-state index contributed by atoms with van der Waals surface area (Å²) in [6.07, 6.45) is 3.19. The Morgan fingerprint density at radius 2 is 2.05 bits per heavy atom. The Morgan fingerprint density at radius 3 is 2.70 bits per heavy atom. The lowest BCUT2D eigenvalue weighted by Gasteiger charge is -2.29. The fourth-order valence-electron chi connectivity index (χ4n) is 2.72. The fourth-order valence-corrected chi connectivity index (χ4v) is 3.74. The first-order valence-electron chi connectivity index (χ1n) is 6.93. The smallest absolute Gasteiger partial charge is 0.213 e. The average molecular weight is 298 g/mol. The minimum atomic E-state index is -3.23. The Kier molecular flexibility index (Phi) is 4.07. The van der Waals surface area contributed by atoms with Gasteiger partial charge in [0.05, 0.1) is 5.75 Å². The SMILES string of the molecule is CCNS(=O)(=O)CCn1ccc2c1CC(C)(C)CC2=O. The van der Waals surface area contributed by atoms with Crippen LogP contribution in [0, 0.1) is 5.41 Å². The molecule has 0 aromatic carbocycles. The van der Waals surface area contributed by atoms with E-state index in [0.717, 1.165) is 17.7 Å². The van der Waals surface area contributed by atoms with Crippen molar-refractivity contribution in [2.75, 3.05) is 12.3 Å². The van der Waals surface area contributed by atoms with Crippen LogP contribution in [0.4, 0.5) is 0 Å². The van der Waals surface area contributed by atoms with Gasteiger partial charge in [-0.3, -0.25) is 4.79 Å². The van der Waals surface area contributed by atoms with Crippen LogP contribution in [-0.4, -0.2) is 31.1 Å². The van der Waals surface area contributed by atoms with E-state index >= 15 is 0 Å². The molecule has 1 aromatic heterocycles. The molecule has 1 heterocycles. The molecule has 1 aromatic rings. The highest BCUT2D eigenvalue weighted by Gasteiger charge is 2.32. The number of aromatic nitrogens is 1. The third kappa shape index (κ3) is 3.30. The minimum absolute atomic E-state index is 0.0383. The number of nitrogens with one attached hydrogen (secondary N) is 1. The highest BCUT2D eigenvalue weighted by molar-refractivity contribution is 7.89. The topological polar surface area (TPSA) is 68.2 Å². The summed E-state index contributed by atoms with van der Waals surface area (Å²) in [7, 11) is -3.23. The second kappa shape index (κ2) is 5.33. The lowest BCUT2D eigenvalue weighted by Crippen LogP contribution is -2.30. The maximum Gasteiger partial charge on any atom is 0.213 e. The number of rotatable bonds is 5. The number of ketones is 1. The molecule has 0 atom stereocenters. The summed E-state index contributed by atoms with van der Waals surface area (Å²) in [6.45, 7) is 6.68. The number of fused-ring (bicyclic) bond motifs is 1. The molecule has 0 bridgehead atoms. The Balaban J connectivity index is 2.18. The van der Waals surface area contributed by atoms with Gasteiger partial charge in [0.25, 0.3) is 0 Å². The van der Waals surface area contributed by atoms with Gasteiger partial charge in [0.2, 0.25) is 10.0 Å². The minimum Gasteiger partial charge on any atom is -0.350 e. The zero-order chi connectivity index (χ0) is 15.0. The lowest BCUT2D eigenvalue weighted by atomic mass is 9.76. The van der Waals surface area contributed by atoms with Gasteiger partial charge < -0.3 is 4.57 Å². The van der Waals surface area contributed by atoms with Gasteiger partial charge in [-0.2, -0.15) is 0 Å². The highest BCUT2D eigenvalue weighted by Crippen LogP contribution is 2.35. The van der Waals surface area contributed by atoms with E-state index in [-0.39, 0.29) is 17.0 Å². The number of aryl methyl sites for hydroxylation is 1. The first-order chi connectivity index (χ1) is 9.24. The van der Waals surface area contributed by atoms with Gasteiger partial charge in [-0.25, -0.2) is 13.1 Å². The second-order valence-corrected chi connectivity index (χ2v) is 8.05. The van der Waals surface area contributed by atoms with Crippen LogP contribution >= 0.6 is 0 Å². The number of nitrogens with zero attached hydrogens (tertiary/aromatic N) is 1. The molecule has 0 spiro atoms. The van der Waals surface area contributed by atoms with E-state index in [2.05, 4.69) is 18.6 Å². The van der Waals surface area contributed by atoms with Crippen molar-refractivity contribution >= 4 is 15.8 Å². The van der Waals surface area contributed by atoms with E-state index in [9.17, 15) is 13.2 Å². The van der Waals surface area contributed by atoms with Gasteiger partial charge in [0, 0.05) is 37.0 Å². The molecule has 1 aliphatic carbocycles. The van der Waals surface area contributed by atoms with Gasteiger partial charge in [-0.05, 0) is 17.9 Å². The number of sulfonamides is 1. The number of carbonyl (C=O) groups is 1. The van der Waals surface area contributed by atoms with Crippen LogP contribution < -0.4 is 4.72 Å². The number of hydrogen-bond donors (Lipinski definition) is 1. The van der Waals surface area contributed by atoms with E-state index in [1.54, 1.807) is 6.92 Å². The third-order valence-electron chi connectivity index (χ3n) is 3.63.